The lowest BCUT2D eigenvalue weighted by atomic mass is 9.87. The van der Waals surface area contributed by atoms with Crippen LogP contribution in [0.1, 0.15) is 71.9 Å². The number of nitrogen functional groups attached to an aromatic ring is 1. The van der Waals surface area contributed by atoms with Crippen LogP contribution in [-0.4, -0.2) is 123 Å². The minimum Gasteiger partial charge on any atom is -0.386 e. The van der Waals surface area contributed by atoms with Crippen molar-refractivity contribution in [2.75, 3.05) is 37.8 Å². The van der Waals surface area contributed by atoms with E-state index in [1.165, 1.54) is 20.3 Å². The summed E-state index contributed by atoms with van der Waals surface area (Å²) in [6.45, 7) is 2.66. The fraction of sp³-hybridized carbons (Fsp3) is 0.677. The van der Waals surface area contributed by atoms with Gasteiger partial charge in [0, 0.05) is 37.1 Å². The second kappa shape index (κ2) is 22.9. The molecule has 0 bridgehead atoms. The monoisotopic (exact) mass is 919 g/mol. The number of phosphoric ester groups is 3. The van der Waals surface area contributed by atoms with Crippen molar-refractivity contribution in [3.8, 4) is 0 Å². The van der Waals surface area contributed by atoms with E-state index in [0.29, 0.717) is 12.2 Å². The first kappa shape index (κ1) is 50.7. The van der Waals surface area contributed by atoms with Crippen LogP contribution in [0.15, 0.2) is 24.8 Å². The summed E-state index contributed by atoms with van der Waals surface area (Å²) in [6, 6.07) is 0. The number of hydrogen-bond acceptors (Lipinski definition) is 18. The number of aromatic nitrogens is 4. The van der Waals surface area contributed by atoms with E-state index in [2.05, 4.69) is 41.3 Å². The summed E-state index contributed by atoms with van der Waals surface area (Å²) in [5.41, 5.74) is 4.27. The molecule has 3 rings (SSSR count). The van der Waals surface area contributed by atoms with Gasteiger partial charge in [0.05, 0.1) is 19.5 Å². The largest absolute Gasteiger partial charge is 0.481 e. The lowest BCUT2D eigenvalue weighted by Gasteiger charge is -2.30. The van der Waals surface area contributed by atoms with Crippen molar-refractivity contribution in [1.82, 2.24) is 30.2 Å². The second-order valence-corrected chi connectivity index (χ2v) is 19.2. The average molecular weight is 920 g/mol. The van der Waals surface area contributed by atoms with Gasteiger partial charge in [-0.25, -0.2) is 28.6 Å². The normalized spacial score (nSPS) is 21.3. The Hall–Kier alpha value is -2.70. The van der Waals surface area contributed by atoms with E-state index in [9.17, 15) is 57.9 Å². The summed E-state index contributed by atoms with van der Waals surface area (Å²) in [4.78, 5) is 87.7. The number of carbonyl (C=O) groups is 3. The third kappa shape index (κ3) is 16.9. The molecule has 0 aliphatic carbocycles. The van der Waals surface area contributed by atoms with Gasteiger partial charge in [-0.15, -0.1) is 0 Å². The van der Waals surface area contributed by atoms with E-state index in [1.807, 2.05) is 12.2 Å². The zero-order valence-electron chi connectivity index (χ0n) is 32.5. The minimum absolute atomic E-state index is 0.0269. The number of aliphatic hydroxyl groups excluding tert-OH is 2. The van der Waals surface area contributed by atoms with Crippen LogP contribution >= 0.6 is 35.2 Å². The SMILES string of the molecule is CCCCCC/C=C/CC(=O)SCCNC(=O)CCNC(=O)C(O)C(C)(C)COP(=O)(O)OP(=O)(O)OC[C@H]1O[C@@H](n2cnc3c(N)ncnc32)[C@H](O)[C@@H]1OP(=O)(O)O. The number of nitrogens with zero attached hydrogens (tertiary/aromatic N) is 4. The van der Waals surface area contributed by atoms with Crippen LogP contribution in [0.25, 0.3) is 11.2 Å². The Kier molecular flexibility index (Phi) is 19.7. The molecule has 1 fully saturated rings. The van der Waals surface area contributed by atoms with Crippen LogP contribution in [0.4, 0.5) is 5.82 Å². The molecule has 1 saturated heterocycles. The first-order valence-corrected chi connectivity index (χ1v) is 23.8. The summed E-state index contributed by atoms with van der Waals surface area (Å²) in [7, 11) is -16.4. The molecule has 2 aromatic heterocycles. The zero-order chi connectivity index (χ0) is 44.0. The number of fused-ring (bicyclic) bond motifs is 1. The molecular formula is C31H52N7O17P3S. The van der Waals surface area contributed by atoms with Crippen molar-refractivity contribution >= 4 is 69.1 Å². The number of carbonyl (C=O) groups excluding carboxylic acids is 3. The van der Waals surface area contributed by atoms with Crippen LogP contribution in [0.5, 0.6) is 0 Å². The highest BCUT2D eigenvalue weighted by Gasteiger charge is 2.50. The number of amides is 2. The summed E-state index contributed by atoms with van der Waals surface area (Å²) in [6.07, 6.45) is 2.76. The number of anilines is 1. The Balaban J connectivity index is 1.43. The van der Waals surface area contributed by atoms with E-state index < -0.39 is 84.6 Å². The third-order valence-corrected chi connectivity index (χ3v) is 12.4. The van der Waals surface area contributed by atoms with Crippen LogP contribution in [0.3, 0.4) is 0 Å². The minimum atomic E-state index is -5.57. The van der Waals surface area contributed by atoms with E-state index in [0.717, 1.165) is 54.7 Å². The van der Waals surface area contributed by atoms with Crippen molar-refractivity contribution < 1.29 is 80.5 Å². The maximum absolute atomic E-state index is 12.7. The van der Waals surface area contributed by atoms with Crippen molar-refractivity contribution in [2.45, 2.75) is 96.4 Å². The molecule has 3 heterocycles. The zero-order valence-corrected chi connectivity index (χ0v) is 36.0. The molecule has 1 aliphatic rings. The highest BCUT2D eigenvalue weighted by Crippen LogP contribution is 2.61. The number of imidazole rings is 1. The number of allylic oxidation sites excluding steroid dienone is 2. The molecule has 1 aliphatic heterocycles. The Morgan fingerprint density at radius 1 is 1.03 bits per heavy atom. The van der Waals surface area contributed by atoms with Gasteiger partial charge >= 0.3 is 23.5 Å². The van der Waals surface area contributed by atoms with Gasteiger partial charge in [0.1, 0.15) is 36.3 Å². The van der Waals surface area contributed by atoms with Gasteiger partial charge in [0.15, 0.2) is 22.8 Å². The Bertz CT molecular complexity index is 1900. The molecule has 0 saturated carbocycles. The Labute approximate surface area is 343 Å². The summed E-state index contributed by atoms with van der Waals surface area (Å²) < 4.78 is 62.2. The summed E-state index contributed by atoms with van der Waals surface area (Å²) in [5, 5.41) is 26.4. The second-order valence-electron chi connectivity index (χ2n) is 13.8. The lowest BCUT2D eigenvalue weighted by molar-refractivity contribution is -0.137. The molecule has 2 aromatic rings. The smallest absolute Gasteiger partial charge is 0.386 e. The number of nitrogens with two attached hydrogens (primary N) is 1. The molecule has 0 spiro atoms. The van der Waals surface area contributed by atoms with Gasteiger partial charge in [-0.1, -0.05) is 63.9 Å². The highest BCUT2D eigenvalue weighted by atomic mass is 32.2. The van der Waals surface area contributed by atoms with Crippen molar-refractivity contribution in [1.29, 1.82) is 0 Å². The maximum Gasteiger partial charge on any atom is 0.481 e. The van der Waals surface area contributed by atoms with Gasteiger partial charge in [0.25, 0.3) is 0 Å². The molecule has 334 valence electrons. The number of hydrogen-bond donors (Lipinski definition) is 9. The van der Waals surface area contributed by atoms with E-state index in [4.69, 9.17) is 19.5 Å². The quantitative estimate of drug-likeness (QED) is 0.0367. The fourth-order valence-electron chi connectivity index (χ4n) is 5.34. The van der Waals surface area contributed by atoms with Crippen molar-refractivity contribution in [3.05, 3.63) is 24.8 Å². The van der Waals surface area contributed by atoms with E-state index >= 15 is 0 Å². The lowest BCUT2D eigenvalue weighted by Crippen LogP contribution is -2.46. The number of thioether (sulfide) groups is 1. The molecule has 7 atom stereocenters. The molecule has 0 aromatic carbocycles. The molecule has 0 radical (unpaired) electrons. The van der Waals surface area contributed by atoms with Gasteiger partial charge in [-0.2, -0.15) is 4.31 Å². The van der Waals surface area contributed by atoms with Crippen LogP contribution in [0.2, 0.25) is 0 Å². The molecule has 59 heavy (non-hydrogen) atoms. The standard InChI is InChI=1S/C31H52N7O17P3S/c1-4-5-6-7-8-9-10-11-22(40)59-15-14-33-21(39)12-13-34-29(43)26(42)31(2,3)17-52-58(49,50)55-57(47,48)51-16-20-25(54-56(44,45)46)24(41)30(53-20)38-19-37-23-27(32)35-18-36-28(23)38/h9-10,18-20,24-26,30,41-42H,4-8,11-17H2,1-3H3,(H,33,39)(H,34,43)(H,47,48)(H,49,50)(H2,32,35,36)(H2,44,45,46)/b10-9+/t20-,24-,25-,26?,30-/m1/s1. The molecule has 24 nitrogen and oxygen atoms in total. The van der Waals surface area contributed by atoms with Gasteiger partial charge in [0.2, 0.25) is 11.8 Å². The number of unbranched alkanes of at least 4 members (excludes halogenated alkanes) is 4. The van der Waals surface area contributed by atoms with Crippen molar-refractivity contribution in [2.24, 2.45) is 5.41 Å². The predicted octanol–water partition coefficient (Wildman–Crippen LogP) is 1.58. The average Bonchev–Trinajstić information content (AvgIpc) is 3.71. The number of ether oxygens (including phenoxy) is 1. The predicted molar refractivity (Wildman–Crippen MR) is 210 cm³/mol. The van der Waals surface area contributed by atoms with Crippen LogP contribution in [-0.2, 0) is 50.7 Å². The van der Waals surface area contributed by atoms with E-state index in [1.54, 1.807) is 0 Å². The van der Waals surface area contributed by atoms with Gasteiger partial charge in [-0.3, -0.25) is 32.5 Å². The highest BCUT2D eigenvalue weighted by molar-refractivity contribution is 8.13. The Morgan fingerprint density at radius 2 is 1.75 bits per heavy atom. The van der Waals surface area contributed by atoms with Gasteiger partial charge in [-0.05, 0) is 12.8 Å². The fourth-order valence-corrected chi connectivity index (χ4v) is 8.82. The summed E-state index contributed by atoms with van der Waals surface area (Å²) in [5.74, 6) is -1.08. The first-order chi connectivity index (χ1) is 27.6. The van der Waals surface area contributed by atoms with Gasteiger partial charge < -0.3 is 50.9 Å². The summed E-state index contributed by atoms with van der Waals surface area (Å²) >= 11 is 1.09. The Morgan fingerprint density at radius 3 is 2.44 bits per heavy atom. The molecule has 10 N–H and O–H groups in total. The third-order valence-electron chi connectivity index (χ3n) is 8.44. The number of rotatable bonds is 26. The molecular weight excluding hydrogens is 867 g/mol. The first-order valence-electron chi connectivity index (χ1n) is 18.3. The molecule has 28 heteroatoms. The van der Waals surface area contributed by atoms with Crippen LogP contribution < -0.4 is 16.4 Å². The molecule has 2 amide bonds. The number of aliphatic hydroxyl groups is 2. The van der Waals surface area contributed by atoms with E-state index in [-0.39, 0.29) is 41.6 Å². The topological polar surface area (TPSA) is 364 Å². The maximum atomic E-state index is 12.7. The van der Waals surface area contributed by atoms with Crippen LogP contribution in [0, 0.1) is 5.41 Å². The number of nitrogens with one attached hydrogen (secondary N) is 2. The molecule has 3 unspecified atom stereocenters. The number of phosphoric acid groups is 3. The van der Waals surface area contributed by atoms with Crippen molar-refractivity contribution in [3.63, 3.8) is 0 Å².